The van der Waals surface area contributed by atoms with Crippen LogP contribution in [-0.2, 0) is 11.3 Å². The van der Waals surface area contributed by atoms with E-state index in [-0.39, 0.29) is 5.69 Å². The zero-order valence-corrected chi connectivity index (χ0v) is 12.4. The molecular formula is C16H18N2O3. The number of rotatable bonds is 4. The van der Waals surface area contributed by atoms with E-state index >= 15 is 0 Å². The SMILES string of the molecule is CC(C)(C)OC(=O)c1ncncc1OCc1ccccc1. The van der Waals surface area contributed by atoms with E-state index in [4.69, 9.17) is 9.47 Å². The van der Waals surface area contributed by atoms with Crippen LogP contribution in [0.5, 0.6) is 5.75 Å². The first kappa shape index (κ1) is 15.0. The number of hydrogen-bond donors (Lipinski definition) is 0. The van der Waals surface area contributed by atoms with Crippen LogP contribution >= 0.6 is 0 Å². The molecule has 21 heavy (non-hydrogen) atoms. The molecule has 0 fully saturated rings. The first-order chi connectivity index (χ1) is 9.96. The molecule has 0 spiro atoms. The summed E-state index contributed by atoms with van der Waals surface area (Å²) in [6, 6.07) is 9.67. The second kappa shape index (κ2) is 6.35. The lowest BCUT2D eigenvalue weighted by molar-refractivity contribution is 0.00580. The largest absolute Gasteiger partial charge is 0.485 e. The highest BCUT2D eigenvalue weighted by atomic mass is 16.6. The quantitative estimate of drug-likeness (QED) is 0.808. The first-order valence-electron chi connectivity index (χ1n) is 6.66. The molecular weight excluding hydrogens is 268 g/mol. The van der Waals surface area contributed by atoms with Gasteiger partial charge in [-0.3, -0.25) is 0 Å². The number of nitrogens with zero attached hydrogens (tertiary/aromatic N) is 2. The van der Waals surface area contributed by atoms with Gasteiger partial charge in [-0.1, -0.05) is 30.3 Å². The maximum absolute atomic E-state index is 12.1. The van der Waals surface area contributed by atoms with Gasteiger partial charge in [-0.25, -0.2) is 14.8 Å². The Balaban J connectivity index is 2.12. The van der Waals surface area contributed by atoms with Gasteiger partial charge in [0.2, 0.25) is 0 Å². The molecule has 0 unspecified atom stereocenters. The number of aromatic nitrogens is 2. The normalized spacial score (nSPS) is 11.0. The molecule has 1 heterocycles. The van der Waals surface area contributed by atoms with Crippen LogP contribution in [0.1, 0.15) is 36.8 Å². The van der Waals surface area contributed by atoms with Crippen LogP contribution < -0.4 is 4.74 Å². The van der Waals surface area contributed by atoms with Crippen molar-refractivity contribution in [2.24, 2.45) is 0 Å². The fourth-order valence-electron chi connectivity index (χ4n) is 1.64. The molecule has 0 amide bonds. The number of carbonyl (C=O) groups excluding carboxylic acids is 1. The van der Waals surface area contributed by atoms with E-state index in [0.29, 0.717) is 12.4 Å². The van der Waals surface area contributed by atoms with Crippen LogP contribution in [0.2, 0.25) is 0 Å². The van der Waals surface area contributed by atoms with Crippen molar-refractivity contribution in [3.63, 3.8) is 0 Å². The summed E-state index contributed by atoms with van der Waals surface area (Å²) in [4.78, 5) is 20.0. The van der Waals surface area contributed by atoms with Crippen molar-refractivity contribution in [3.05, 3.63) is 54.1 Å². The van der Waals surface area contributed by atoms with Crippen LogP contribution in [0.4, 0.5) is 0 Å². The second-order valence-electron chi connectivity index (χ2n) is 5.51. The van der Waals surface area contributed by atoms with Gasteiger partial charge in [-0.15, -0.1) is 0 Å². The molecule has 2 aromatic rings. The highest BCUT2D eigenvalue weighted by Gasteiger charge is 2.22. The van der Waals surface area contributed by atoms with Crippen molar-refractivity contribution in [1.29, 1.82) is 0 Å². The fourth-order valence-corrected chi connectivity index (χ4v) is 1.64. The van der Waals surface area contributed by atoms with Gasteiger partial charge in [0.25, 0.3) is 0 Å². The average molecular weight is 286 g/mol. The van der Waals surface area contributed by atoms with E-state index in [1.54, 1.807) is 20.8 Å². The van der Waals surface area contributed by atoms with Crippen molar-refractivity contribution in [3.8, 4) is 5.75 Å². The van der Waals surface area contributed by atoms with E-state index in [1.807, 2.05) is 30.3 Å². The van der Waals surface area contributed by atoms with E-state index < -0.39 is 11.6 Å². The van der Waals surface area contributed by atoms with Crippen LogP contribution in [-0.4, -0.2) is 21.5 Å². The standard InChI is InChI=1S/C16H18N2O3/c1-16(2,3)21-15(19)14-13(9-17-11-18-14)20-10-12-7-5-4-6-8-12/h4-9,11H,10H2,1-3H3. The maximum Gasteiger partial charge on any atom is 0.361 e. The van der Waals surface area contributed by atoms with E-state index in [0.717, 1.165) is 5.56 Å². The van der Waals surface area contributed by atoms with Crippen LogP contribution in [0.15, 0.2) is 42.9 Å². The Morgan fingerprint density at radius 2 is 1.90 bits per heavy atom. The molecule has 0 bridgehead atoms. The third-order valence-electron chi connectivity index (χ3n) is 2.51. The lowest BCUT2D eigenvalue weighted by Gasteiger charge is -2.19. The molecule has 1 aromatic carbocycles. The van der Waals surface area contributed by atoms with E-state index in [9.17, 15) is 4.79 Å². The lowest BCUT2D eigenvalue weighted by atomic mass is 10.2. The summed E-state index contributed by atoms with van der Waals surface area (Å²) in [5.41, 5.74) is 0.547. The Hall–Kier alpha value is -2.43. The number of benzene rings is 1. The Bertz CT molecular complexity index is 606. The minimum atomic E-state index is -0.585. The Morgan fingerprint density at radius 1 is 1.19 bits per heavy atom. The molecule has 0 radical (unpaired) electrons. The summed E-state index contributed by atoms with van der Waals surface area (Å²) >= 11 is 0. The molecule has 0 aliphatic rings. The van der Waals surface area contributed by atoms with Gasteiger partial charge in [-0.05, 0) is 26.3 Å². The zero-order chi connectivity index (χ0) is 15.3. The van der Waals surface area contributed by atoms with E-state index in [2.05, 4.69) is 9.97 Å². The van der Waals surface area contributed by atoms with Crippen LogP contribution in [0, 0.1) is 0 Å². The lowest BCUT2D eigenvalue weighted by Crippen LogP contribution is -2.25. The summed E-state index contributed by atoms with van der Waals surface area (Å²) in [5.74, 6) is -0.205. The molecule has 1 aromatic heterocycles. The topological polar surface area (TPSA) is 61.3 Å². The molecule has 110 valence electrons. The Kier molecular flexibility index (Phi) is 4.52. The molecule has 0 aliphatic carbocycles. The van der Waals surface area contributed by atoms with Gasteiger partial charge >= 0.3 is 5.97 Å². The molecule has 5 nitrogen and oxygen atoms in total. The van der Waals surface area contributed by atoms with Crippen molar-refractivity contribution in [2.45, 2.75) is 33.0 Å². The number of hydrogen-bond acceptors (Lipinski definition) is 5. The molecule has 0 aliphatic heterocycles. The molecule has 5 heteroatoms. The van der Waals surface area contributed by atoms with Crippen molar-refractivity contribution < 1.29 is 14.3 Å². The number of carbonyl (C=O) groups is 1. The third-order valence-corrected chi connectivity index (χ3v) is 2.51. The summed E-state index contributed by atoms with van der Waals surface area (Å²) in [5, 5.41) is 0. The molecule has 0 saturated carbocycles. The van der Waals surface area contributed by atoms with Crippen molar-refractivity contribution in [1.82, 2.24) is 9.97 Å². The predicted octanol–water partition coefficient (Wildman–Crippen LogP) is 3.01. The molecule has 0 saturated heterocycles. The summed E-state index contributed by atoms with van der Waals surface area (Å²) in [6.07, 6.45) is 2.77. The van der Waals surface area contributed by atoms with E-state index in [1.165, 1.54) is 12.5 Å². The average Bonchev–Trinajstić information content (AvgIpc) is 2.45. The maximum atomic E-state index is 12.1. The monoisotopic (exact) mass is 286 g/mol. The highest BCUT2D eigenvalue weighted by Crippen LogP contribution is 2.19. The summed E-state index contributed by atoms with van der Waals surface area (Å²) in [7, 11) is 0. The highest BCUT2D eigenvalue weighted by molar-refractivity contribution is 5.90. The van der Waals surface area contributed by atoms with Gasteiger partial charge in [0.15, 0.2) is 11.4 Å². The minimum absolute atomic E-state index is 0.135. The minimum Gasteiger partial charge on any atom is -0.485 e. The van der Waals surface area contributed by atoms with Gasteiger partial charge in [0.1, 0.15) is 18.5 Å². The van der Waals surface area contributed by atoms with Crippen molar-refractivity contribution in [2.75, 3.05) is 0 Å². The summed E-state index contributed by atoms with van der Waals surface area (Å²) in [6.45, 7) is 5.74. The fraction of sp³-hybridized carbons (Fsp3) is 0.312. The molecule has 0 atom stereocenters. The molecule has 0 N–H and O–H groups in total. The number of esters is 1. The second-order valence-corrected chi connectivity index (χ2v) is 5.51. The van der Waals surface area contributed by atoms with Crippen LogP contribution in [0.25, 0.3) is 0 Å². The molecule has 2 rings (SSSR count). The smallest absolute Gasteiger partial charge is 0.361 e. The van der Waals surface area contributed by atoms with Gasteiger partial charge in [0.05, 0.1) is 6.20 Å². The Labute approximate surface area is 124 Å². The van der Waals surface area contributed by atoms with Gasteiger partial charge in [0, 0.05) is 0 Å². The first-order valence-corrected chi connectivity index (χ1v) is 6.66. The zero-order valence-electron chi connectivity index (χ0n) is 12.4. The Morgan fingerprint density at radius 3 is 2.57 bits per heavy atom. The predicted molar refractivity (Wildman–Crippen MR) is 78.0 cm³/mol. The third kappa shape index (κ3) is 4.56. The number of ether oxygens (including phenoxy) is 2. The van der Waals surface area contributed by atoms with Gasteiger partial charge in [-0.2, -0.15) is 0 Å². The van der Waals surface area contributed by atoms with Gasteiger partial charge < -0.3 is 9.47 Å². The summed E-state index contributed by atoms with van der Waals surface area (Å²) < 4.78 is 10.9. The van der Waals surface area contributed by atoms with Crippen LogP contribution in [0.3, 0.4) is 0 Å². The van der Waals surface area contributed by atoms with Crippen molar-refractivity contribution >= 4 is 5.97 Å².